The fourth-order valence-electron chi connectivity index (χ4n) is 2.67. The number of hydrogen-bond acceptors (Lipinski definition) is 4. The van der Waals surface area contributed by atoms with Gasteiger partial charge in [-0.05, 0) is 25.0 Å². The standard InChI is InChI=1S/C16H20N4O3S/c21-16-8-4-10-19(16)11-5-9-18-24(22,23)15-12-17-20(13-15)14-6-2-1-3-7-14/h1-3,6-7,12-13,18H,4-5,8-11H2. The maximum Gasteiger partial charge on any atom is 0.243 e. The molecule has 0 radical (unpaired) electrons. The van der Waals surface area contributed by atoms with Gasteiger partial charge < -0.3 is 4.90 Å². The van der Waals surface area contributed by atoms with E-state index in [4.69, 9.17) is 0 Å². The molecular weight excluding hydrogens is 328 g/mol. The van der Waals surface area contributed by atoms with Crippen molar-refractivity contribution in [1.29, 1.82) is 0 Å². The molecule has 7 nitrogen and oxygen atoms in total. The lowest BCUT2D eigenvalue weighted by molar-refractivity contribution is -0.127. The molecule has 1 aromatic carbocycles. The van der Waals surface area contributed by atoms with Gasteiger partial charge in [-0.3, -0.25) is 4.79 Å². The van der Waals surface area contributed by atoms with E-state index in [9.17, 15) is 13.2 Å². The van der Waals surface area contributed by atoms with Crippen LogP contribution in [0.25, 0.3) is 5.69 Å². The first kappa shape index (κ1) is 16.7. The molecule has 1 saturated heterocycles. The van der Waals surface area contributed by atoms with Gasteiger partial charge in [0, 0.05) is 26.1 Å². The van der Waals surface area contributed by atoms with Crippen molar-refractivity contribution < 1.29 is 13.2 Å². The predicted molar refractivity (Wildman–Crippen MR) is 89.2 cm³/mol. The molecule has 0 bridgehead atoms. The third-order valence-corrected chi connectivity index (χ3v) is 5.37. The van der Waals surface area contributed by atoms with Gasteiger partial charge in [-0.15, -0.1) is 0 Å². The van der Waals surface area contributed by atoms with E-state index < -0.39 is 10.0 Å². The maximum absolute atomic E-state index is 12.3. The van der Waals surface area contributed by atoms with E-state index in [0.717, 1.165) is 18.7 Å². The Kier molecular flexibility index (Phi) is 4.96. The second kappa shape index (κ2) is 7.14. The van der Waals surface area contributed by atoms with Crippen LogP contribution in [0, 0.1) is 0 Å². The Balaban J connectivity index is 1.55. The van der Waals surface area contributed by atoms with Gasteiger partial charge in [-0.2, -0.15) is 5.10 Å². The number of benzene rings is 1. The molecule has 0 spiro atoms. The number of para-hydroxylation sites is 1. The Morgan fingerprint density at radius 1 is 1.21 bits per heavy atom. The summed E-state index contributed by atoms with van der Waals surface area (Å²) in [6.07, 6.45) is 4.91. The van der Waals surface area contributed by atoms with Crippen molar-refractivity contribution in [1.82, 2.24) is 19.4 Å². The molecule has 24 heavy (non-hydrogen) atoms. The monoisotopic (exact) mass is 348 g/mol. The summed E-state index contributed by atoms with van der Waals surface area (Å²) in [5, 5.41) is 4.10. The lowest BCUT2D eigenvalue weighted by Crippen LogP contribution is -2.30. The van der Waals surface area contributed by atoms with Crippen LogP contribution in [0.4, 0.5) is 0 Å². The van der Waals surface area contributed by atoms with E-state index >= 15 is 0 Å². The van der Waals surface area contributed by atoms with Crippen LogP contribution in [-0.4, -0.2) is 48.6 Å². The Bertz CT molecular complexity index is 802. The summed E-state index contributed by atoms with van der Waals surface area (Å²) in [7, 11) is -3.59. The van der Waals surface area contributed by atoms with Gasteiger partial charge in [0.2, 0.25) is 15.9 Å². The van der Waals surface area contributed by atoms with Crippen LogP contribution < -0.4 is 4.72 Å². The van der Waals surface area contributed by atoms with Crippen molar-refractivity contribution in [3.63, 3.8) is 0 Å². The zero-order valence-corrected chi connectivity index (χ0v) is 14.1. The summed E-state index contributed by atoms with van der Waals surface area (Å²) in [6.45, 7) is 1.66. The van der Waals surface area contributed by atoms with Gasteiger partial charge in [0.25, 0.3) is 0 Å². The number of likely N-dealkylation sites (tertiary alicyclic amines) is 1. The van der Waals surface area contributed by atoms with E-state index in [1.165, 1.54) is 17.1 Å². The Hall–Kier alpha value is -2.19. The Labute approximate surface area is 141 Å². The van der Waals surface area contributed by atoms with Crippen molar-refractivity contribution in [3.8, 4) is 5.69 Å². The first-order chi connectivity index (χ1) is 11.6. The van der Waals surface area contributed by atoms with Crippen molar-refractivity contribution in [2.24, 2.45) is 0 Å². The molecule has 3 rings (SSSR count). The molecule has 1 fully saturated rings. The van der Waals surface area contributed by atoms with Crippen LogP contribution in [0.5, 0.6) is 0 Å². The number of hydrogen-bond donors (Lipinski definition) is 1. The number of rotatable bonds is 7. The quantitative estimate of drug-likeness (QED) is 0.761. The third kappa shape index (κ3) is 3.82. The van der Waals surface area contributed by atoms with E-state index in [-0.39, 0.29) is 10.8 Å². The SMILES string of the molecule is O=C1CCCN1CCCNS(=O)(=O)c1cnn(-c2ccccc2)c1. The molecule has 0 atom stereocenters. The number of amides is 1. The molecule has 0 aliphatic carbocycles. The van der Waals surface area contributed by atoms with Crippen molar-refractivity contribution in [2.75, 3.05) is 19.6 Å². The Morgan fingerprint density at radius 2 is 2.00 bits per heavy atom. The van der Waals surface area contributed by atoms with Crippen molar-refractivity contribution in [3.05, 3.63) is 42.7 Å². The van der Waals surface area contributed by atoms with Crippen LogP contribution in [0.15, 0.2) is 47.6 Å². The summed E-state index contributed by atoms with van der Waals surface area (Å²) < 4.78 is 28.7. The number of nitrogens with zero attached hydrogens (tertiary/aromatic N) is 3. The molecule has 0 unspecified atom stereocenters. The van der Waals surface area contributed by atoms with Gasteiger partial charge in [0.05, 0.1) is 18.1 Å². The van der Waals surface area contributed by atoms with E-state index in [1.54, 1.807) is 4.90 Å². The summed E-state index contributed by atoms with van der Waals surface area (Å²) >= 11 is 0. The second-order valence-corrected chi connectivity index (χ2v) is 7.46. The molecule has 0 saturated carbocycles. The van der Waals surface area contributed by atoms with Gasteiger partial charge >= 0.3 is 0 Å². The van der Waals surface area contributed by atoms with E-state index in [2.05, 4.69) is 9.82 Å². The predicted octanol–water partition coefficient (Wildman–Crippen LogP) is 1.16. The molecule has 2 aromatic rings. The van der Waals surface area contributed by atoms with E-state index in [1.807, 2.05) is 30.3 Å². The molecule has 1 N–H and O–H groups in total. The van der Waals surface area contributed by atoms with Crippen LogP contribution >= 0.6 is 0 Å². The molecule has 128 valence electrons. The summed E-state index contributed by atoms with van der Waals surface area (Å²) in [4.78, 5) is 13.4. The lowest BCUT2D eigenvalue weighted by atomic mass is 10.3. The maximum atomic E-state index is 12.3. The number of aromatic nitrogens is 2. The molecule has 1 aliphatic rings. The highest BCUT2D eigenvalue weighted by Crippen LogP contribution is 2.12. The van der Waals surface area contributed by atoms with Gasteiger partial charge in [0.1, 0.15) is 4.90 Å². The summed E-state index contributed by atoms with van der Waals surface area (Å²) in [5.74, 6) is 0.155. The summed E-state index contributed by atoms with van der Waals surface area (Å²) in [6, 6.07) is 9.32. The van der Waals surface area contributed by atoms with Crippen LogP contribution in [0.1, 0.15) is 19.3 Å². The zero-order valence-electron chi connectivity index (χ0n) is 13.3. The highest BCUT2D eigenvalue weighted by atomic mass is 32.2. The first-order valence-electron chi connectivity index (χ1n) is 7.94. The second-order valence-electron chi connectivity index (χ2n) is 5.69. The first-order valence-corrected chi connectivity index (χ1v) is 9.42. The average Bonchev–Trinajstić information content (AvgIpc) is 3.22. The zero-order chi connectivity index (χ0) is 17.0. The fourth-order valence-corrected chi connectivity index (χ4v) is 3.67. The van der Waals surface area contributed by atoms with E-state index in [0.29, 0.717) is 25.9 Å². The molecule has 1 aliphatic heterocycles. The van der Waals surface area contributed by atoms with Gasteiger partial charge in [-0.25, -0.2) is 17.8 Å². The normalized spacial score (nSPS) is 15.2. The molecule has 1 aromatic heterocycles. The highest BCUT2D eigenvalue weighted by molar-refractivity contribution is 7.89. The van der Waals surface area contributed by atoms with Crippen LogP contribution in [0.3, 0.4) is 0 Å². The largest absolute Gasteiger partial charge is 0.343 e. The molecule has 8 heteroatoms. The Morgan fingerprint density at radius 3 is 2.71 bits per heavy atom. The summed E-state index contributed by atoms with van der Waals surface area (Å²) in [5.41, 5.74) is 0.798. The van der Waals surface area contributed by atoms with Crippen LogP contribution in [0.2, 0.25) is 0 Å². The number of carbonyl (C=O) groups excluding carboxylic acids is 1. The minimum atomic E-state index is -3.59. The topological polar surface area (TPSA) is 84.3 Å². The number of nitrogens with one attached hydrogen (secondary N) is 1. The smallest absolute Gasteiger partial charge is 0.243 e. The minimum Gasteiger partial charge on any atom is -0.343 e. The van der Waals surface area contributed by atoms with Crippen LogP contribution in [-0.2, 0) is 14.8 Å². The average molecular weight is 348 g/mol. The van der Waals surface area contributed by atoms with Gasteiger partial charge in [0.15, 0.2) is 0 Å². The molecular formula is C16H20N4O3S. The lowest BCUT2D eigenvalue weighted by Gasteiger charge is -2.15. The third-order valence-electron chi connectivity index (χ3n) is 3.96. The number of sulfonamides is 1. The highest BCUT2D eigenvalue weighted by Gasteiger charge is 2.20. The molecule has 1 amide bonds. The van der Waals surface area contributed by atoms with Gasteiger partial charge in [-0.1, -0.05) is 18.2 Å². The van der Waals surface area contributed by atoms with Crippen molar-refractivity contribution >= 4 is 15.9 Å². The molecule has 2 heterocycles. The minimum absolute atomic E-state index is 0.128. The number of carbonyl (C=O) groups is 1. The van der Waals surface area contributed by atoms with Crippen molar-refractivity contribution in [2.45, 2.75) is 24.2 Å². The fraction of sp³-hybridized carbons (Fsp3) is 0.375.